The number of carbonyl (C=O) groups excluding carboxylic acids is 3. The molecule has 0 aliphatic carbocycles. The SMILES string of the molecule is CC1(C)CN(C(=O)c2ccc(CC3CC(=O)NC3=O)cc2)CCC1N. The summed E-state index contributed by atoms with van der Waals surface area (Å²) in [6, 6.07) is 7.44. The maximum atomic E-state index is 12.7. The molecule has 3 N–H and O–H groups in total. The van der Waals surface area contributed by atoms with Crippen molar-refractivity contribution in [2.45, 2.75) is 39.2 Å². The van der Waals surface area contributed by atoms with E-state index in [2.05, 4.69) is 19.2 Å². The highest BCUT2D eigenvalue weighted by Gasteiger charge is 2.35. The van der Waals surface area contributed by atoms with E-state index in [9.17, 15) is 14.4 Å². The van der Waals surface area contributed by atoms with Crippen molar-refractivity contribution in [1.82, 2.24) is 10.2 Å². The van der Waals surface area contributed by atoms with E-state index in [0.717, 1.165) is 12.0 Å². The van der Waals surface area contributed by atoms with Crippen LogP contribution in [0.2, 0.25) is 0 Å². The Bertz CT molecular complexity index is 696. The minimum atomic E-state index is -0.307. The van der Waals surface area contributed by atoms with E-state index < -0.39 is 0 Å². The van der Waals surface area contributed by atoms with Crippen molar-refractivity contribution in [3.8, 4) is 0 Å². The van der Waals surface area contributed by atoms with Gasteiger partial charge in [0.1, 0.15) is 0 Å². The van der Waals surface area contributed by atoms with E-state index in [1.165, 1.54) is 0 Å². The summed E-state index contributed by atoms with van der Waals surface area (Å²) in [6.45, 7) is 5.51. The molecular weight excluding hydrogens is 318 g/mol. The first kappa shape index (κ1) is 17.6. The summed E-state index contributed by atoms with van der Waals surface area (Å²) in [6.07, 6.45) is 1.56. The maximum Gasteiger partial charge on any atom is 0.253 e. The number of amides is 3. The van der Waals surface area contributed by atoms with Crippen LogP contribution >= 0.6 is 0 Å². The third kappa shape index (κ3) is 3.74. The molecule has 6 nitrogen and oxygen atoms in total. The number of piperidine rings is 1. The van der Waals surface area contributed by atoms with E-state index in [4.69, 9.17) is 5.73 Å². The van der Waals surface area contributed by atoms with Gasteiger partial charge in [0.25, 0.3) is 5.91 Å². The predicted octanol–water partition coefficient (Wildman–Crippen LogP) is 1.09. The monoisotopic (exact) mass is 343 g/mol. The standard InChI is InChI=1S/C19H25N3O3/c1-19(2)11-22(8-7-15(19)20)18(25)13-5-3-12(4-6-13)9-14-10-16(23)21-17(14)24/h3-6,14-15H,7-11,20H2,1-2H3,(H,21,23,24). The average Bonchev–Trinajstić information content (AvgIpc) is 2.87. The van der Waals surface area contributed by atoms with Crippen LogP contribution in [0.4, 0.5) is 0 Å². The smallest absolute Gasteiger partial charge is 0.253 e. The number of nitrogens with two attached hydrogens (primary N) is 1. The fraction of sp³-hybridized carbons (Fsp3) is 0.526. The normalized spacial score (nSPS) is 25.8. The molecule has 1 aromatic carbocycles. The molecule has 2 aliphatic rings. The summed E-state index contributed by atoms with van der Waals surface area (Å²) >= 11 is 0. The van der Waals surface area contributed by atoms with Crippen molar-refractivity contribution in [1.29, 1.82) is 0 Å². The molecule has 2 heterocycles. The van der Waals surface area contributed by atoms with E-state index in [-0.39, 0.29) is 41.5 Å². The van der Waals surface area contributed by atoms with Gasteiger partial charge in [0, 0.05) is 31.1 Å². The van der Waals surface area contributed by atoms with Crippen LogP contribution in [-0.4, -0.2) is 41.8 Å². The molecule has 0 spiro atoms. The molecule has 1 aromatic rings. The Morgan fingerprint density at radius 2 is 1.96 bits per heavy atom. The molecule has 2 atom stereocenters. The summed E-state index contributed by atoms with van der Waals surface area (Å²) in [4.78, 5) is 37.5. The molecule has 0 radical (unpaired) electrons. The van der Waals surface area contributed by atoms with Gasteiger partial charge in [0.15, 0.2) is 0 Å². The first-order valence-electron chi connectivity index (χ1n) is 8.74. The zero-order chi connectivity index (χ0) is 18.2. The highest BCUT2D eigenvalue weighted by molar-refractivity contribution is 6.03. The summed E-state index contributed by atoms with van der Waals surface area (Å²) in [5.74, 6) is -0.719. The van der Waals surface area contributed by atoms with Gasteiger partial charge in [0.05, 0.1) is 5.92 Å². The van der Waals surface area contributed by atoms with E-state index >= 15 is 0 Å². The molecule has 0 saturated carbocycles. The Labute approximate surface area is 147 Å². The first-order chi connectivity index (χ1) is 11.8. The van der Waals surface area contributed by atoms with Gasteiger partial charge in [-0.05, 0) is 36.0 Å². The number of hydrogen-bond acceptors (Lipinski definition) is 4. The summed E-state index contributed by atoms with van der Waals surface area (Å²) in [7, 11) is 0. The number of benzene rings is 1. The minimum absolute atomic E-state index is 0.0142. The van der Waals surface area contributed by atoms with Gasteiger partial charge in [-0.15, -0.1) is 0 Å². The quantitative estimate of drug-likeness (QED) is 0.804. The van der Waals surface area contributed by atoms with Gasteiger partial charge >= 0.3 is 0 Å². The number of hydrogen-bond donors (Lipinski definition) is 2. The second-order valence-corrected chi connectivity index (χ2v) is 7.82. The summed E-state index contributed by atoms with van der Waals surface area (Å²) in [5, 5.41) is 2.32. The molecule has 2 fully saturated rings. The Hall–Kier alpha value is -2.21. The minimum Gasteiger partial charge on any atom is -0.338 e. The van der Waals surface area contributed by atoms with E-state index in [1.807, 2.05) is 17.0 Å². The Balaban J connectivity index is 1.65. The Morgan fingerprint density at radius 3 is 2.52 bits per heavy atom. The Morgan fingerprint density at radius 1 is 1.28 bits per heavy atom. The van der Waals surface area contributed by atoms with Gasteiger partial charge in [-0.2, -0.15) is 0 Å². The largest absolute Gasteiger partial charge is 0.338 e. The van der Waals surface area contributed by atoms with Crippen LogP contribution in [0, 0.1) is 11.3 Å². The lowest BCUT2D eigenvalue weighted by atomic mass is 9.79. The molecular formula is C19H25N3O3. The van der Waals surface area contributed by atoms with Crippen LogP contribution < -0.4 is 11.1 Å². The number of nitrogens with one attached hydrogen (secondary N) is 1. The van der Waals surface area contributed by atoms with Crippen LogP contribution in [0.1, 0.15) is 42.6 Å². The van der Waals surface area contributed by atoms with Gasteiger partial charge in [-0.1, -0.05) is 26.0 Å². The molecule has 0 aromatic heterocycles. The zero-order valence-corrected chi connectivity index (χ0v) is 14.7. The molecule has 3 rings (SSSR count). The van der Waals surface area contributed by atoms with Crippen LogP contribution in [0.5, 0.6) is 0 Å². The third-order valence-electron chi connectivity index (χ3n) is 5.35. The van der Waals surface area contributed by atoms with Crippen LogP contribution in [-0.2, 0) is 16.0 Å². The number of nitrogens with zero attached hydrogens (tertiary/aromatic N) is 1. The number of carbonyl (C=O) groups is 3. The molecule has 2 unspecified atom stereocenters. The van der Waals surface area contributed by atoms with Crippen LogP contribution in [0.3, 0.4) is 0 Å². The zero-order valence-electron chi connectivity index (χ0n) is 14.7. The van der Waals surface area contributed by atoms with Crippen molar-refractivity contribution in [2.75, 3.05) is 13.1 Å². The van der Waals surface area contributed by atoms with E-state index in [0.29, 0.717) is 25.1 Å². The fourth-order valence-corrected chi connectivity index (χ4v) is 3.57. The van der Waals surface area contributed by atoms with Gasteiger partial charge in [0.2, 0.25) is 11.8 Å². The fourth-order valence-electron chi connectivity index (χ4n) is 3.57. The van der Waals surface area contributed by atoms with Crippen molar-refractivity contribution in [2.24, 2.45) is 17.1 Å². The van der Waals surface area contributed by atoms with Crippen molar-refractivity contribution in [3.05, 3.63) is 35.4 Å². The molecule has 0 bridgehead atoms. The van der Waals surface area contributed by atoms with Crippen molar-refractivity contribution >= 4 is 17.7 Å². The van der Waals surface area contributed by atoms with Gasteiger partial charge in [-0.25, -0.2) is 0 Å². The maximum absolute atomic E-state index is 12.7. The summed E-state index contributed by atoms with van der Waals surface area (Å²) in [5.41, 5.74) is 7.64. The molecule has 134 valence electrons. The van der Waals surface area contributed by atoms with Crippen LogP contribution in [0.15, 0.2) is 24.3 Å². The Kier molecular flexibility index (Phi) is 4.64. The lowest BCUT2D eigenvalue weighted by molar-refractivity contribution is -0.125. The second-order valence-electron chi connectivity index (χ2n) is 7.82. The highest BCUT2D eigenvalue weighted by atomic mass is 16.2. The molecule has 6 heteroatoms. The van der Waals surface area contributed by atoms with Crippen molar-refractivity contribution < 1.29 is 14.4 Å². The predicted molar refractivity (Wildman–Crippen MR) is 93.7 cm³/mol. The third-order valence-corrected chi connectivity index (χ3v) is 5.35. The number of rotatable bonds is 3. The lowest BCUT2D eigenvalue weighted by Crippen LogP contribution is -2.53. The van der Waals surface area contributed by atoms with E-state index in [1.54, 1.807) is 12.1 Å². The van der Waals surface area contributed by atoms with Crippen molar-refractivity contribution in [3.63, 3.8) is 0 Å². The first-order valence-corrected chi connectivity index (χ1v) is 8.74. The molecule has 2 saturated heterocycles. The topological polar surface area (TPSA) is 92.5 Å². The number of likely N-dealkylation sites (tertiary alicyclic amines) is 1. The molecule has 25 heavy (non-hydrogen) atoms. The molecule has 2 aliphatic heterocycles. The number of imide groups is 1. The van der Waals surface area contributed by atoms with Gasteiger partial charge < -0.3 is 10.6 Å². The van der Waals surface area contributed by atoms with Gasteiger partial charge in [-0.3, -0.25) is 19.7 Å². The van der Waals surface area contributed by atoms with Crippen LogP contribution in [0.25, 0.3) is 0 Å². The highest BCUT2D eigenvalue weighted by Crippen LogP contribution is 2.28. The molecule has 3 amide bonds. The summed E-state index contributed by atoms with van der Waals surface area (Å²) < 4.78 is 0. The lowest BCUT2D eigenvalue weighted by Gasteiger charge is -2.42. The second kappa shape index (κ2) is 6.59. The average molecular weight is 343 g/mol.